The fourth-order valence-electron chi connectivity index (χ4n) is 1.15. The van der Waals surface area contributed by atoms with Crippen LogP contribution >= 0.6 is 0 Å². The monoisotopic (exact) mass is 214 g/mol. The Morgan fingerprint density at radius 2 is 1.86 bits per heavy atom. The molecule has 1 aromatic rings. The van der Waals surface area contributed by atoms with Crippen LogP contribution in [0.5, 0.6) is 0 Å². The third-order valence-electron chi connectivity index (χ3n) is 2.20. The summed E-state index contributed by atoms with van der Waals surface area (Å²) in [7, 11) is -3.30. The molecule has 0 spiro atoms. The second-order valence-electron chi connectivity index (χ2n) is 3.29. The summed E-state index contributed by atoms with van der Waals surface area (Å²) in [4.78, 5) is 0.287. The minimum absolute atomic E-state index is 0.213. The fraction of sp³-hybridized carbons (Fsp3) is 0.400. The summed E-state index contributed by atoms with van der Waals surface area (Å²) in [5.41, 5.74) is 2.01. The van der Waals surface area contributed by atoms with E-state index in [0.717, 1.165) is 11.1 Å². The first-order chi connectivity index (χ1) is 6.47. The van der Waals surface area contributed by atoms with Crippen LogP contribution in [0.3, 0.4) is 0 Å². The van der Waals surface area contributed by atoms with Gasteiger partial charge in [-0.1, -0.05) is 6.07 Å². The fourth-order valence-corrected chi connectivity index (χ4v) is 2.25. The largest absolute Gasteiger partial charge is 0.395 e. The van der Waals surface area contributed by atoms with Crippen molar-refractivity contribution >= 4 is 9.84 Å². The van der Waals surface area contributed by atoms with Crippen LogP contribution in [-0.2, 0) is 9.84 Å². The molecule has 1 rings (SSSR count). The molecule has 0 unspecified atom stereocenters. The first-order valence-electron chi connectivity index (χ1n) is 4.38. The Morgan fingerprint density at radius 1 is 1.21 bits per heavy atom. The Balaban J connectivity index is 3.15. The maximum absolute atomic E-state index is 11.5. The smallest absolute Gasteiger partial charge is 0.180 e. The van der Waals surface area contributed by atoms with Crippen molar-refractivity contribution in [3.8, 4) is 0 Å². The molecule has 0 saturated heterocycles. The van der Waals surface area contributed by atoms with Crippen LogP contribution in [0, 0.1) is 13.8 Å². The second-order valence-corrected chi connectivity index (χ2v) is 5.40. The van der Waals surface area contributed by atoms with Gasteiger partial charge in [0, 0.05) is 0 Å². The van der Waals surface area contributed by atoms with Crippen molar-refractivity contribution < 1.29 is 13.5 Å². The average molecular weight is 214 g/mol. The Bertz CT molecular complexity index is 421. The van der Waals surface area contributed by atoms with Gasteiger partial charge in [0.05, 0.1) is 17.3 Å². The van der Waals surface area contributed by atoms with E-state index < -0.39 is 9.84 Å². The highest BCUT2D eigenvalue weighted by atomic mass is 32.2. The van der Waals surface area contributed by atoms with E-state index >= 15 is 0 Å². The standard InChI is InChI=1S/C10H14O3S/c1-8-3-4-10(7-9(8)2)14(12,13)6-5-11/h3-4,7,11H,5-6H2,1-2H3. The van der Waals surface area contributed by atoms with E-state index in [4.69, 9.17) is 5.11 Å². The zero-order valence-electron chi connectivity index (χ0n) is 8.32. The van der Waals surface area contributed by atoms with E-state index in [-0.39, 0.29) is 17.3 Å². The Labute approximate surface area is 84.3 Å². The topological polar surface area (TPSA) is 54.4 Å². The third kappa shape index (κ3) is 2.33. The molecule has 14 heavy (non-hydrogen) atoms. The van der Waals surface area contributed by atoms with Crippen molar-refractivity contribution in [2.24, 2.45) is 0 Å². The molecule has 78 valence electrons. The number of aliphatic hydroxyl groups is 1. The number of rotatable bonds is 3. The predicted octanol–water partition coefficient (Wildman–Crippen LogP) is 1.07. The van der Waals surface area contributed by atoms with Gasteiger partial charge in [0.25, 0.3) is 0 Å². The molecule has 0 amide bonds. The number of aliphatic hydroxyl groups excluding tert-OH is 1. The first kappa shape index (κ1) is 11.2. The lowest BCUT2D eigenvalue weighted by Crippen LogP contribution is -2.10. The van der Waals surface area contributed by atoms with Gasteiger partial charge in [0.1, 0.15) is 0 Å². The molecule has 3 nitrogen and oxygen atoms in total. The second kappa shape index (κ2) is 4.11. The van der Waals surface area contributed by atoms with Crippen LogP contribution in [0.2, 0.25) is 0 Å². The normalized spacial score (nSPS) is 11.6. The maximum Gasteiger partial charge on any atom is 0.180 e. The molecule has 0 fully saturated rings. The predicted molar refractivity (Wildman–Crippen MR) is 55.1 cm³/mol. The van der Waals surface area contributed by atoms with Crippen molar-refractivity contribution in [1.29, 1.82) is 0 Å². The highest BCUT2D eigenvalue weighted by Crippen LogP contribution is 2.15. The maximum atomic E-state index is 11.5. The van der Waals surface area contributed by atoms with E-state index in [9.17, 15) is 8.42 Å². The molecular weight excluding hydrogens is 200 g/mol. The lowest BCUT2D eigenvalue weighted by Gasteiger charge is -2.05. The summed E-state index contributed by atoms with van der Waals surface area (Å²) < 4.78 is 23.1. The molecule has 0 aliphatic heterocycles. The van der Waals surface area contributed by atoms with E-state index in [2.05, 4.69) is 0 Å². The van der Waals surface area contributed by atoms with Crippen LogP contribution in [-0.4, -0.2) is 25.9 Å². The van der Waals surface area contributed by atoms with Gasteiger partial charge in [-0.2, -0.15) is 0 Å². The summed E-state index contributed by atoms with van der Waals surface area (Å²) in [5.74, 6) is -0.213. The molecule has 0 saturated carbocycles. The summed E-state index contributed by atoms with van der Waals surface area (Å²) in [5, 5.41) is 8.61. The van der Waals surface area contributed by atoms with E-state index in [0.29, 0.717) is 0 Å². The number of hydrogen-bond donors (Lipinski definition) is 1. The highest BCUT2D eigenvalue weighted by molar-refractivity contribution is 7.91. The quantitative estimate of drug-likeness (QED) is 0.818. The van der Waals surface area contributed by atoms with Crippen molar-refractivity contribution in [2.45, 2.75) is 18.7 Å². The van der Waals surface area contributed by atoms with Crippen LogP contribution < -0.4 is 0 Å². The molecule has 0 aliphatic carbocycles. The molecule has 0 radical (unpaired) electrons. The van der Waals surface area contributed by atoms with Gasteiger partial charge >= 0.3 is 0 Å². The zero-order chi connectivity index (χ0) is 10.8. The van der Waals surface area contributed by atoms with Crippen molar-refractivity contribution in [1.82, 2.24) is 0 Å². The van der Waals surface area contributed by atoms with Gasteiger partial charge in [-0.3, -0.25) is 0 Å². The van der Waals surface area contributed by atoms with Gasteiger partial charge in [-0.25, -0.2) is 8.42 Å². The SMILES string of the molecule is Cc1ccc(S(=O)(=O)CCO)cc1C. The highest BCUT2D eigenvalue weighted by Gasteiger charge is 2.13. The molecule has 0 bridgehead atoms. The van der Waals surface area contributed by atoms with Crippen molar-refractivity contribution in [3.05, 3.63) is 29.3 Å². The average Bonchev–Trinajstić information content (AvgIpc) is 2.09. The number of sulfone groups is 1. The minimum Gasteiger partial charge on any atom is -0.395 e. The van der Waals surface area contributed by atoms with Gasteiger partial charge in [0.2, 0.25) is 0 Å². The van der Waals surface area contributed by atoms with Gasteiger partial charge < -0.3 is 5.11 Å². The van der Waals surface area contributed by atoms with Crippen molar-refractivity contribution in [2.75, 3.05) is 12.4 Å². The lowest BCUT2D eigenvalue weighted by atomic mass is 10.1. The Kier molecular flexibility index (Phi) is 3.29. The molecule has 1 aromatic carbocycles. The van der Waals surface area contributed by atoms with Crippen LogP contribution in [0.15, 0.2) is 23.1 Å². The summed E-state index contributed by atoms with van der Waals surface area (Å²) in [6.45, 7) is 3.46. The summed E-state index contributed by atoms with van der Waals surface area (Å²) in [6, 6.07) is 4.99. The van der Waals surface area contributed by atoms with Gasteiger partial charge in [-0.15, -0.1) is 0 Å². The van der Waals surface area contributed by atoms with Crippen LogP contribution in [0.1, 0.15) is 11.1 Å². The van der Waals surface area contributed by atoms with Gasteiger partial charge in [0.15, 0.2) is 9.84 Å². The zero-order valence-corrected chi connectivity index (χ0v) is 9.13. The van der Waals surface area contributed by atoms with Crippen LogP contribution in [0.4, 0.5) is 0 Å². The van der Waals surface area contributed by atoms with E-state index in [1.807, 2.05) is 13.8 Å². The van der Waals surface area contributed by atoms with E-state index in [1.54, 1.807) is 18.2 Å². The van der Waals surface area contributed by atoms with Crippen LogP contribution in [0.25, 0.3) is 0 Å². The molecule has 1 N–H and O–H groups in total. The summed E-state index contributed by atoms with van der Waals surface area (Å²) >= 11 is 0. The Morgan fingerprint density at radius 3 is 2.36 bits per heavy atom. The summed E-state index contributed by atoms with van der Waals surface area (Å²) in [6.07, 6.45) is 0. The molecule has 4 heteroatoms. The first-order valence-corrected chi connectivity index (χ1v) is 6.03. The number of aryl methyl sites for hydroxylation is 2. The van der Waals surface area contributed by atoms with Gasteiger partial charge in [-0.05, 0) is 37.1 Å². The van der Waals surface area contributed by atoms with E-state index in [1.165, 1.54) is 0 Å². The minimum atomic E-state index is -3.30. The molecule has 0 atom stereocenters. The molecule has 0 heterocycles. The van der Waals surface area contributed by atoms with Crippen molar-refractivity contribution in [3.63, 3.8) is 0 Å². The number of hydrogen-bond acceptors (Lipinski definition) is 3. The lowest BCUT2D eigenvalue weighted by molar-refractivity contribution is 0.319. The molecule has 0 aromatic heterocycles. The molecular formula is C10H14O3S. The number of benzene rings is 1. The third-order valence-corrected chi connectivity index (χ3v) is 3.89. The molecule has 0 aliphatic rings. The Hall–Kier alpha value is -0.870.